The molecule has 0 fully saturated rings. The highest BCUT2D eigenvalue weighted by molar-refractivity contribution is 9.10. The second kappa shape index (κ2) is 6.33. The average Bonchev–Trinajstić information content (AvgIpc) is 3.20. The molecule has 26 heavy (non-hydrogen) atoms. The Morgan fingerprint density at radius 2 is 1.92 bits per heavy atom. The Kier molecular flexibility index (Phi) is 4.12. The second-order valence-corrected chi connectivity index (χ2v) is 8.59. The van der Waals surface area contributed by atoms with Gasteiger partial charge >= 0.3 is 0 Å². The number of benzene rings is 2. The van der Waals surface area contributed by atoms with E-state index in [-0.39, 0.29) is 11.7 Å². The fourth-order valence-electron chi connectivity index (χ4n) is 2.69. The van der Waals surface area contributed by atoms with Gasteiger partial charge < -0.3 is 9.09 Å². The Morgan fingerprint density at radius 3 is 2.69 bits per heavy atom. The summed E-state index contributed by atoms with van der Waals surface area (Å²) in [7, 11) is -3.51. The first kappa shape index (κ1) is 16.9. The molecule has 0 atom stereocenters. The molecular formula is C17H13BrN4O3S. The number of hydrogen-bond donors (Lipinski definition) is 0. The molecule has 0 aliphatic heterocycles. The van der Waals surface area contributed by atoms with E-state index in [0.29, 0.717) is 22.7 Å². The number of imidazole rings is 1. The molecule has 0 unspecified atom stereocenters. The van der Waals surface area contributed by atoms with Crippen LogP contribution >= 0.6 is 15.9 Å². The van der Waals surface area contributed by atoms with Gasteiger partial charge in [-0.25, -0.2) is 13.4 Å². The van der Waals surface area contributed by atoms with E-state index in [4.69, 9.17) is 4.52 Å². The first-order chi connectivity index (χ1) is 12.4. The van der Waals surface area contributed by atoms with Crippen molar-refractivity contribution in [3.8, 4) is 11.4 Å². The Morgan fingerprint density at radius 1 is 1.12 bits per heavy atom. The maximum atomic E-state index is 12.1. The molecule has 2 aromatic carbocycles. The zero-order chi connectivity index (χ0) is 18.3. The largest absolute Gasteiger partial charge is 0.337 e. The molecule has 0 aliphatic rings. The van der Waals surface area contributed by atoms with Crippen molar-refractivity contribution in [1.29, 1.82) is 0 Å². The summed E-state index contributed by atoms with van der Waals surface area (Å²) in [5.41, 5.74) is 2.09. The van der Waals surface area contributed by atoms with Gasteiger partial charge in [0.2, 0.25) is 26.7 Å². The molecule has 2 heterocycles. The van der Waals surface area contributed by atoms with E-state index in [1.165, 1.54) is 0 Å². The Labute approximate surface area is 157 Å². The van der Waals surface area contributed by atoms with Gasteiger partial charge in [-0.3, -0.25) is 0 Å². The molecule has 132 valence electrons. The minimum Gasteiger partial charge on any atom is -0.337 e. The lowest BCUT2D eigenvalue weighted by Crippen LogP contribution is -2.10. The molecule has 0 amide bonds. The van der Waals surface area contributed by atoms with Crippen molar-refractivity contribution in [3.05, 3.63) is 58.9 Å². The highest BCUT2D eigenvalue weighted by Gasteiger charge is 2.21. The van der Waals surface area contributed by atoms with Gasteiger partial charge in [-0.05, 0) is 24.3 Å². The molecule has 0 N–H and O–H groups in total. The normalized spacial score (nSPS) is 11.9. The molecule has 4 rings (SSSR count). The zero-order valence-corrected chi connectivity index (χ0v) is 16.0. The van der Waals surface area contributed by atoms with Crippen molar-refractivity contribution < 1.29 is 12.9 Å². The fraction of sp³-hybridized carbons (Fsp3) is 0.118. The summed E-state index contributed by atoms with van der Waals surface area (Å²) in [6, 6.07) is 14.7. The number of para-hydroxylation sites is 2. The Hall–Kier alpha value is -2.52. The van der Waals surface area contributed by atoms with E-state index in [0.717, 1.165) is 16.3 Å². The molecule has 0 spiro atoms. The lowest BCUT2D eigenvalue weighted by atomic mass is 10.2. The summed E-state index contributed by atoms with van der Waals surface area (Å²) in [5, 5.41) is 3.96. The quantitative estimate of drug-likeness (QED) is 0.491. The van der Waals surface area contributed by atoms with E-state index < -0.39 is 9.84 Å². The maximum absolute atomic E-state index is 12.1. The van der Waals surface area contributed by atoms with Gasteiger partial charge in [-0.15, -0.1) is 0 Å². The average molecular weight is 433 g/mol. The molecule has 9 heteroatoms. The molecule has 7 nitrogen and oxygen atoms in total. The highest BCUT2D eigenvalue weighted by atomic mass is 79.9. The third kappa shape index (κ3) is 3.15. The van der Waals surface area contributed by atoms with Crippen LogP contribution in [-0.2, 0) is 16.4 Å². The molecule has 0 saturated heterocycles. The third-order valence-corrected chi connectivity index (χ3v) is 5.26. The number of hydrogen-bond acceptors (Lipinski definition) is 6. The number of nitrogens with zero attached hydrogens (tertiary/aromatic N) is 4. The topological polar surface area (TPSA) is 90.9 Å². The first-order valence-electron chi connectivity index (χ1n) is 7.66. The molecule has 0 saturated carbocycles. The monoisotopic (exact) mass is 432 g/mol. The summed E-state index contributed by atoms with van der Waals surface area (Å²) in [6.07, 6.45) is 1.13. The van der Waals surface area contributed by atoms with Crippen LogP contribution in [0.5, 0.6) is 0 Å². The number of rotatable bonds is 4. The number of halogens is 1. The molecule has 2 aromatic heterocycles. The minimum atomic E-state index is -3.51. The molecule has 0 radical (unpaired) electrons. The number of fused-ring (bicyclic) bond motifs is 1. The first-order valence-corrected chi connectivity index (χ1v) is 10.3. The standard InChI is InChI=1S/C17H13BrN4O3S/c1-26(23,24)17-19-13-7-2-3-8-14(13)22(17)10-15-20-16(21-25-15)11-5-4-6-12(18)9-11/h2-9H,10H2,1H3. The summed E-state index contributed by atoms with van der Waals surface area (Å²) < 4.78 is 32.1. The van der Waals surface area contributed by atoms with Crippen LogP contribution in [0.3, 0.4) is 0 Å². The smallest absolute Gasteiger partial charge is 0.246 e. The molecule has 0 aliphatic carbocycles. The predicted octanol–water partition coefficient (Wildman–Crippen LogP) is 3.30. The van der Waals surface area contributed by atoms with E-state index in [9.17, 15) is 8.42 Å². The van der Waals surface area contributed by atoms with Gasteiger partial charge in [0.1, 0.15) is 6.54 Å². The van der Waals surface area contributed by atoms with Crippen LogP contribution in [0.4, 0.5) is 0 Å². The van der Waals surface area contributed by atoms with Gasteiger partial charge in [0.05, 0.1) is 11.0 Å². The number of aromatic nitrogens is 4. The number of sulfone groups is 1. The Balaban J connectivity index is 1.77. The van der Waals surface area contributed by atoms with E-state index in [1.54, 1.807) is 10.6 Å². The van der Waals surface area contributed by atoms with Crippen LogP contribution in [0.1, 0.15) is 5.89 Å². The van der Waals surface area contributed by atoms with Gasteiger partial charge in [0.25, 0.3) is 0 Å². The van der Waals surface area contributed by atoms with Crippen molar-refractivity contribution >= 4 is 36.8 Å². The van der Waals surface area contributed by atoms with Crippen molar-refractivity contribution in [1.82, 2.24) is 19.7 Å². The fourth-order valence-corrected chi connectivity index (χ4v) is 3.92. The lowest BCUT2D eigenvalue weighted by molar-refractivity contribution is 0.369. The van der Waals surface area contributed by atoms with Crippen molar-refractivity contribution in [3.63, 3.8) is 0 Å². The van der Waals surface area contributed by atoms with Crippen LogP contribution < -0.4 is 0 Å². The summed E-state index contributed by atoms with van der Waals surface area (Å²) in [4.78, 5) is 8.62. The molecular weight excluding hydrogens is 420 g/mol. The van der Waals surface area contributed by atoms with Crippen molar-refractivity contribution in [2.24, 2.45) is 0 Å². The van der Waals surface area contributed by atoms with Gasteiger partial charge in [0.15, 0.2) is 0 Å². The zero-order valence-electron chi connectivity index (χ0n) is 13.6. The predicted molar refractivity (Wildman–Crippen MR) is 99.4 cm³/mol. The lowest BCUT2D eigenvalue weighted by Gasteiger charge is -2.04. The Bertz CT molecular complexity index is 1210. The maximum Gasteiger partial charge on any atom is 0.246 e. The van der Waals surface area contributed by atoms with Gasteiger partial charge in [0, 0.05) is 16.3 Å². The van der Waals surface area contributed by atoms with Crippen LogP contribution in [0.25, 0.3) is 22.4 Å². The van der Waals surface area contributed by atoms with E-state index in [2.05, 4.69) is 31.1 Å². The third-order valence-electron chi connectivity index (χ3n) is 3.80. The molecule has 0 bridgehead atoms. The van der Waals surface area contributed by atoms with Crippen molar-refractivity contribution in [2.75, 3.05) is 6.26 Å². The van der Waals surface area contributed by atoms with Gasteiger partial charge in [-0.1, -0.05) is 45.4 Å². The second-order valence-electron chi connectivity index (χ2n) is 5.76. The van der Waals surface area contributed by atoms with Crippen LogP contribution in [0.15, 0.2) is 62.7 Å². The van der Waals surface area contributed by atoms with Gasteiger partial charge in [-0.2, -0.15) is 4.98 Å². The SMILES string of the molecule is CS(=O)(=O)c1nc2ccccc2n1Cc1nc(-c2cccc(Br)c2)no1. The van der Waals surface area contributed by atoms with Crippen LogP contribution in [-0.4, -0.2) is 34.4 Å². The van der Waals surface area contributed by atoms with Crippen molar-refractivity contribution in [2.45, 2.75) is 11.7 Å². The van der Waals surface area contributed by atoms with Crippen LogP contribution in [0, 0.1) is 0 Å². The van der Waals surface area contributed by atoms with E-state index >= 15 is 0 Å². The highest BCUT2D eigenvalue weighted by Crippen LogP contribution is 2.23. The summed E-state index contributed by atoms with van der Waals surface area (Å²) in [5.74, 6) is 0.736. The summed E-state index contributed by atoms with van der Waals surface area (Å²) >= 11 is 3.41. The van der Waals surface area contributed by atoms with Crippen LogP contribution in [0.2, 0.25) is 0 Å². The summed E-state index contributed by atoms with van der Waals surface area (Å²) in [6.45, 7) is 0.115. The minimum absolute atomic E-state index is 0.0269. The molecule has 4 aromatic rings. The van der Waals surface area contributed by atoms with E-state index in [1.807, 2.05) is 42.5 Å².